The Bertz CT molecular complexity index is 267. The van der Waals surface area contributed by atoms with Gasteiger partial charge in [0.05, 0.1) is 0 Å². The van der Waals surface area contributed by atoms with Gasteiger partial charge in [-0.2, -0.15) is 11.8 Å². The van der Waals surface area contributed by atoms with Crippen molar-refractivity contribution in [3.63, 3.8) is 0 Å². The molecule has 1 aromatic carbocycles. The number of thioether (sulfide) groups is 1. The summed E-state index contributed by atoms with van der Waals surface area (Å²) in [5.41, 5.74) is 1.19. The fraction of sp³-hybridized carbons (Fsp3) is 0.400. The zero-order valence-electron chi connectivity index (χ0n) is 7.29. The molecular weight excluding hydrogens is 185 g/mol. The highest BCUT2D eigenvalue weighted by atomic mass is 32.2. The number of halogens is 1. The third kappa shape index (κ3) is 2.23. The molecule has 0 amide bonds. The number of rotatable bonds is 1. The molecule has 1 aromatic rings. The molecule has 3 heteroatoms. The van der Waals surface area contributed by atoms with Crippen molar-refractivity contribution in [3.05, 3.63) is 35.6 Å². The fourth-order valence-corrected chi connectivity index (χ4v) is 2.45. The Balaban J connectivity index is 2.10. The lowest BCUT2D eigenvalue weighted by atomic mass is 10.1. The van der Waals surface area contributed by atoms with Gasteiger partial charge in [-0.05, 0) is 17.7 Å². The molecule has 1 nitrogen and oxygen atoms in total. The Labute approximate surface area is 81.7 Å². The van der Waals surface area contributed by atoms with E-state index in [2.05, 4.69) is 5.32 Å². The van der Waals surface area contributed by atoms with Gasteiger partial charge in [0.15, 0.2) is 0 Å². The van der Waals surface area contributed by atoms with Crippen molar-refractivity contribution in [1.29, 1.82) is 0 Å². The quantitative estimate of drug-likeness (QED) is 0.740. The van der Waals surface area contributed by atoms with E-state index in [4.69, 9.17) is 0 Å². The third-order valence-corrected chi connectivity index (χ3v) is 3.26. The molecule has 1 aliphatic heterocycles. The van der Waals surface area contributed by atoms with Crippen molar-refractivity contribution in [2.24, 2.45) is 0 Å². The minimum Gasteiger partial charge on any atom is -0.308 e. The molecule has 2 rings (SSSR count). The summed E-state index contributed by atoms with van der Waals surface area (Å²) in [5, 5.41) is 3.41. The van der Waals surface area contributed by atoms with Crippen LogP contribution in [0.2, 0.25) is 0 Å². The second kappa shape index (κ2) is 4.11. The monoisotopic (exact) mass is 197 g/mol. The lowest BCUT2D eigenvalue weighted by Crippen LogP contribution is -2.30. The largest absolute Gasteiger partial charge is 0.308 e. The summed E-state index contributed by atoms with van der Waals surface area (Å²) in [7, 11) is 0. The van der Waals surface area contributed by atoms with E-state index in [0.29, 0.717) is 6.04 Å². The number of hydrogen-bond donors (Lipinski definition) is 1. The average Bonchev–Trinajstić information content (AvgIpc) is 2.20. The maximum absolute atomic E-state index is 12.6. The molecular formula is C10H12FNS. The molecule has 13 heavy (non-hydrogen) atoms. The molecule has 0 radical (unpaired) electrons. The Hall–Kier alpha value is -0.540. The summed E-state index contributed by atoms with van der Waals surface area (Å²) in [4.78, 5) is 0. The van der Waals surface area contributed by atoms with E-state index in [1.807, 2.05) is 23.9 Å². The molecule has 0 aromatic heterocycles. The SMILES string of the molecule is Fc1ccc([C@H]2CSCCN2)cc1. The van der Waals surface area contributed by atoms with Crippen molar-refractivity contribution < 1.29 is 4.39 Å². The van der Waals surface area contributed by atoms with E-state index >= 15 is 0 Å². The highest BCUT2D eigenvalue weighted by molar-refractivity contribution is 7.99. The van der Waals surface area contributed by atoms with Crippen LogP contribution in [0.4, 0.5) is 4.39 Å². The topological polar surface area (TPSA) is 12.0 Å². The molecule has 1 aliphatic rings. The zero-order valence-corrected chi connectivity index (χ0v) is 8.11. The van der Waals surface area contributed by atoms with Crippen molar-refractivity contribution >= 4 is 11.8 Å². The minimum atomic E-state index is -0.160. The van der Waals surface area contributed by atoms with Gasteiger partial charge < -0.3 is 5.32 Å². The summed E-state index contributed by atoms with van der Waals surface area (Å²) < 4.78 is 12.6. The van der Waals surface area contributed by atoms with Gasteiger partial charge in [0.2, 0.25) is 0 Å². The van der Waals surface area contributed by atoms with Crippen LogP contribution in [0.25, 0.3) is 0 Å². The molecule has 1 fully saturated rings. The van der Waals surface area contributed by atoms with E-state index in [0.717, 1.165) is 12.3 Å². The Morgan fingerprint density at radius 2 is 2.08 bits per heavy atom. The molecule has 0 saturated carbocycles. The van der Waals surface area contributed by atoms with Crippen LogP contribution in [0, 0.1) is 5.82 Å². The molecule has 0 bridgehead atoms. The number of benzene rings is 1. The highest BCUT2D eigenvalue weighted by Crippen LogP contribution is 2.21. The second-order valence-corrected chi connectivity index (χ2v) is 4.28. The number of hydrogen-bond acceptors (Lipinski definition) is 2. The summed E-state index contributed by atoms with van der Waals surface area (Å²) in [6.45, 7) is 1.05. The van der Waals surface area contributed by atoms with Crippen LogP contribution < -0.4 is 5.32 Å². The molecule has 0 aliphatic carbocycles. The molecule has 1 heterocycles. The maximum atomic E-state index is 12.6. The standard InChI is InChI=1S/C10H12FNS/c11-9-3-1-8(2-4-9)10-7-13-6-5-12-10/h1-4,10,12H,5-7H2/t10-/m1/s1. The van der Waals surface area contributed by atoms with E-state index < -0.39 is 0 Å². The van der Waals surface area contributed by atoms with Crippen LogP contribution in [0.3, 0.4) is 0 Å². The van der Waals surface area contributed by atoms with Gasteiger partial charge in [-0.15, -0.1) is 0 Å². The van der Waals surface area contributed by atoms with Crippen molar-refractivity contribution in [3.8, 4) is 0 Å². The van der Waals surface area contributed by atoms with Gasteiger partial charge >= 0.3 is 0 Å². The van der Waals surface area contributed by atoms with Crippen LogP contribution in [-0.4, -0.2) is 18.1 Å². The Kier molecular flexibility index (Phi) is 2.86. The van der Waals surface area contributed by atoms with Crippen molar-refractivity contribution in [2.75, 3.05) is 18.1 Å². The van der Waals surface area contributed by atoms with Gasteiger partial charge in [0.1, 0.15) is 5.82 Å². The first-order valence-corrected chi connectivity index (χ1v) is 5.58. The van der Waals surface area contributed by atoms with Crippen molar-refractivity contribution in [1.82, 2.24) is 5.32 Å². The molecule has 0 unspecified atom stereocenters. The van der Waals surface area contributed by atoms with Gasteiger partial charge in [-0.25, -0.2) is 4.39 Å². The predicted octanol–water partition coefficient (Wildman–Crippen LogP) is 2.20. The van der Waals surface area contributed by atoms with Crippen molar-refractivity contribution in [2.45, 2.75) is 6.04 Å². The summed E-state index contributed by atoms with van der Waals surface area (Å²) in [5.74, 6) is 2.11. The van der Waals surface area contributed by atoms with Gasteiger partial charge in [-0.3, -0.25) is 0 Å². The smallest absolute Gasteiger partial charge is 0.123 e. The van der Waals surface area contributed by atoms with Crippen LogP contribution in [0.5, 0.6) is 0 Å². The van der Waals surface area contributed by atoms with E-state index in [1.54, 1.807) is 0 Å². The van der Waals surface area contributed by atoms with Crippen LogP contribution in [0.15, 0.2) is 24.3 Å². The van der Waals surface area contributed by atoms with Crippen LogP contribution in [0.1, 0.15) is 11.6 Å². The number of nitrogens with one attached hydrogen (secondary N) is 1. The Morgan fingerprint density at radius 3 is 2.69 bits per heavy atom. The van der Waals surface area contributed by atoms with Crippen LogP contribution >= 0.6 is 11.8 Å². The average molecular weight is 197 g/mol. The minimum absolute atomic E-state index is 0.160. The molecule has 70 valence electrons. The van der Waals surface area contributed by atoms with Gasteiger partial charge in [0, 0.05) is 24.1 Å². The summed E-state index contributed by atoms with van der Waals surface area (Å²) >= 11 is 1.95. The highest BCUT2D eigenvalue weighted by Gasteiger charge is 2.14. The molecule has 1 N–H and O–H groups in total. The fourth-order valence-electron chi connectivity index (χ4n) is 1.47. The molecule has 1 atom stereocenters. The Morgan fingerprint density at radius 1 is 1.31 bits per heavy atom. The normalized spacial score (nSPS) is 23.0. The third-order valence-electron chi connectivity index (χ3n) is 2.19. The summed E-state index contributed by atoms with van der Waals surface area (Å²) in [6.07, 6.45) is 0. The first-order chi connectivity index (χ1) is 6.36. The predicted molar refractivity (Wildman–Crippen MR) is 54.5 cm³/mol. The maximum Gasteiger partial charge on any atom is 0.123 e. The van der Waals surface area contributed by atoms with Gasteiger partial charge in [0.25, 0.3) is 0 Å². The van der Waals surface area contributed by atoms with E-state index in [9.17, 15) is 4.39 Å². The van der Waals surface area contributed by atoms with Gasteiger partial charge in [-0.1, -0.05) is 12.1 Å². The molecule has 1 saturated heterocycles. The lowest BCUT2D eigenvalue weighted by Gasteiger charge is -2.23. The lowest BCUT2D eigenvalue weighted by molar-refractivity contribution is 0.589. The first-order valence-electron chi connectivity index (χ1n) is 4.43. The zero-order chi connectivity index (χ0) is 9.10. The van der Waals surface area contributed by atoms with Crippen LogP contribution in [-0.2, 0) is 0 Å². The summed E-state index contributed by atoms with van der Waals surface area (Å²) in [6, 6.07) is 7.17. The molecule has 0 spiro atoms. The van der Waals surface area contributed by atoms with E-state index in [1.165, 1.54) is 23.4 Å². The van der Waals surface area contributed by atoms with E-state index in [-0.39, 0.29) is 5.82 Å². The second-order valence-electron chi connectivity index (χ2n) is 3.13. The first kappa shape index (κ1) is 9.03.